The molecule has 0 aliphatic carbocycles. The van der Waals surface area contributed by atoms with Gasteiger partial charge in [-0.25, -0.2) is 0 Å². The summed E-state index contributed by atoms with van der Waals surface area (Å²) in [7, 11) is 1.73. The molecule has 1 unspecified atom stereocenters. The maximum Gasteiger partial charge on any atom is 0.241 e. The minimum atomic E-state index is -0.246. The van der Waals surface area contributed by atoms with Crippen LogP contribution in [0.3, 0.4) is 0 Å². The van der Waals surface area contributed by atoms with Gasteiger partial charge in [0.05, 0.1) is 6.04 Å². The van der Waals surface area contributed by atoms with E-state index in [4.69, 9.17) is 0 Å². The molecule has 0 fully saturated rings. The zero-order valence-electron chi connectivity index (χ0n) is 10.9. The molecule has 1 aromatic rings. The van der Waals surface area contributed by atoms with Gasteiger partial charge >= 0.3 is 0 Å². The maximum absolute atomic E-state index is 11.6. The van der Waals surface area contributed by atoms with Crippen molar-refractivity contribution in [3.63, 3.8) is 0 Å². The molecule has 0 radical (unpaired) electrons. The van der Waals surface area contributed by atoms with Crippen LogP contribution in [0.25, 0.3) is 0 Å². The van der Waals surface area contributed by atoms with Crippen molar-refractivity contribution in [1.82, 2.24) is 5.32 Å². The Morgan fingerprint density at radius 1 is 1.11 bits per heavy atom. The molecule has 0 heterocycles. The number of hydrogen-bond donors (Lipinski definition) is 3. The Morgan fingerprint density at radius 2 is 1.61 bits per heavy atom. The molecule has 0 spiro atoms. The average molecular weight is 249 g/mol. The van der Waals surface area contributed by atoms with E-state index in [9.17, 15) is 9.59 Å². The molecule has 1 aromatic carbocycles. The van der Waals surface area contributed by atoms with Gasteiger partial charge in [-0.05, 0) is 38.2 Å². The van der Waals surface area contributed by atoms with Crippen LogP contribution in [0.5, 0.6) is 0 Å². The second kappa shape index (κ2) is 6.76. The Labute approximate surface area is 107 Å². The van der Waals surface area contributed by atoms with Crippen molar-refractivity contribution in [2.45, 2.75) is 26.3 Å². The van der Waals surface area contributed by atoms with Crippen molar-refractivity contribution in [1.29, 1.82) is 0 Å². The van der Waals surface area contributed by atoms with Gasteiger partial charge in [-0.2, -0.15) is 0 Å². The summed E-state index contributed by atoms with van der Waals surface area (Å²) in [6.45, 7) is 3.58. The Hall–Kier alpha value is -1.88. The van der Waals surface area contributed by atoms with Crippen LogP contribution in [0, 0.1) is 0 Å². The summed E-state index contributed by atoms with van der Waals surface area (Å²) in [4.78, 5) is 22.8. The Bertz CT molecular complexity index is 415. The topological polar surface area (TPSA) is 70.2 Å². The van der Waals surface area contributed by atoms with Crippen molar-refractivity contribution >= 4 is 23.2 Å². The van der Waals surface area contributed by atoms with E-state index in [1.165, 1.54) is 0 Å². The van der Waals surface area contributed by atoms with Crippen molar-refractivity contribution in [3.05, 3.63) is 24.3 Å². The van der Waals surface area contributed by atoms with Gasteiger partial charge in [-0.1, -0.05) is 6.92 Å². The molecule has 0 aromatic heterocycles. The molecule has 3 N–H and O–H groups in total. The molecule has 0 bridgehead atoms. The van der Waals surface area contributed by atoms with Crippen LogP contribution in [0.1, 0.15) is 20.3 Å². The lowest BCUT2D eigenvalue weighted by atomic mass is 10.2. The molecule has 2 amide bonds. The molecular formula is C13H19N3O2. The van der Waals surface area contributed by atoms with Crippen LogP contribution in [-0.4, -0.2) is 24.9 Å². The molecule has 0 saturated carbocycles. The summed E-state index contributed by atoms with van der Waals surface area (Å²) >= 11 is 0. The lowest BCUT2D eigenvalue weighted by Crippen LogP contribution is -2.35. The average Bonchev–Trinajstić information content (AvgIpc) is 2.39. The number of carbonyl (C=O) groups excluding carboxylic acids is 2. The van der Waals surface area contributed by atoms with Crippen LogP contribution in [0.4, 0.5) is 11.4 Å². The summed E-state index contributed by atoms with van der Waals surface area (Å²) in [5.74, 6) is -0.126. The second-order valence-electron chi connectivity index (χ2n) is 3.98. The van der Waals surface area contributed by atoms with Crippen LogP contribution >= 0.6 is 0 Å². The highest BCUT2D eigenvalue weighted by atomic mass is 16.2. The number of amides is 2. The van der Waals surface area contributed by atoms with E-state index in [2.05, 4.69) is 16.0 Å². The number of nitrogens with one attached hydrogen (secondary N) is 3. The largest absolute Gasteiger partial charge is 0.326 e. The molecule has 0 saturated heterocycles. The minimum absolute atomic E-state index is 0.0319. The molecule has 5 heteroatoms. The molecule has 1 atom stereocenters. The first kappa shape index (κ1) is 14.2. The molecule has 98 valence electrons. The maximum atomic E-state index is 11.6. The number of hydrogen-bond acceptors (Lipinski definition) is 3. The van der Waals surface area contributed by atoms with Crippen LogP contribution in [0.15, 0.2) is 24.3 Å². The van der Waals surface area contributed by atoms with Crippen LogP contribution in [-0.2, 0) is 9.59 Å². The summed E-state index contributed by atoms with van der Waals surface area (Å²) in [5, 5.41) is 8.38. The van der Waals surface area contributed by atoms with E-state index >= 15 is 0 Å². The van der Waals surface area contributed by atoms with Gasteiger partial charge in [0, 0.05) is 17.8 Å². The molecule has 0 aliphatic rings. The van der Waals surface area contributed by atoms with Crippen molar-refractivity contribution in [2.75, 3.05) is 17.7 Å². The summed E-state index contributed by atoms with van der Waals surface area (Å²) in [5.41, 5.74) is 1.43. The number of anilines is 2. The standard InChI is InChI=1S/C13H19N3O2/c1-4-12(17)15-10-5-7-11(8-6-10)16-13(18)9(2)14-3/h5-9,14H,4H2,1-3H3,(H,15,17)(H,16,18). The van der Waals surface area contributed by atoms with E-state index < -0.39 is 0 Å². The van der Waals surface area contributed by atoms with Gasteiger partial charge in [0.25, 0.3) is 0 Å². The van der Waals surface area contributed by atoms with Gasteiger partial charge in [0.1, 0.15) is 0 Å². The lowest BCUT2D eigenvalue weighted by Gasteiger charge is -2.11. The lowest BCUT2D eigenvalue weighted by molar-refractivity contribution is -0.117. The highest BCUT2D eigenvalue weighted by Gasteiger charge is 2.09. The predicted molar refractivity (Wildman–Crippen MR) is 72.5 cm³/mol. The van der Waals surface area contributed by atoms with E-state index in [1.54, 1.807) is 45.2 Å². The molecule has 1 rings (SSSR count). The molecule has 5 nitrogen and oxygen atoms in total. The zero-order valence-corrected chi connectivity index (χ0v) is 10.9. The minimum Gasteiger partial charge on any atom is -0.326 e. The molecule has 18 heavy (non-hydrogen) atoms. The summed E-state index contributed by atoms with van der Waals surface area (Å²) in [6.07, 6.45) is 0.443. The number of carbonyl (C=O) groups is 2. The quantitative estimate of drug-likeness (QED) is 0.742. The number of likely N-dealkylation sites (N-methyl/N-ethyl adjacent to an activating group) is 1. The van der Waals surface area contributed by atoms with Crippen molar-refractivity contribution in [2.24, 2.45) is 0 Å². The first-order valence-electron chi connectivity index (χ1n) is 5.94. The second-order valence-corrected chi connectivity index (χ2v) is 3.98. The monoisotopic (exact) mass is 249 g/mol. The van der Waals surface area contributed by atoms with Crippen LogP contribution < -0.4 is 16.0 Å². The Kier molecular flexibility index (Phi) is 5.32. The predicted octanol–water partition coefficient (Wildman–Crippen LogP) is 1.58. The first-order valence-corrected chi connectivity index (χ1v) is 5.94. The smallest absolute Gasteiger partial charge is 0.241 e. The third kappa shape index (κ3) is 4.18. The number of benzene rings is 1. The Morgan fingerprint density at radius 3 is 2.06 bits per heavy atom. The fourth-order valence-corrected chi connectivity index (χ4v) is 1.27. The van der Waals surface area contributed by atoms with Crippen molar-refractivity contribution in [3.8, 4) is 0 Å². The molecular weight excluding hydrogens is 230 g/mol. The highest BCUT2D eigenvalue weighted by molar-refractivity contribution is 5.95. The van der Waals surface area contributed by atoms with Crippen LogP contribution in [0.2, 0.25) is 0 Å². The van der Waals surface area contributed by atoms with Gasteiger partial charge < -0.3 is 16.0 Å². The molecule has 0 aliphatic heterocycles. The fraction of sp³-hybridized carbons (Fsp3) is 0.385. The van der Waals surface area contributed by atoms with E-state index in [1.807, 2.05) is 0 Å². The normalized spacial score (nSPS) is 11.7. The first-order chi connectivity index (χ1) is 8.56. The highest BCUT2D eigenvalue weighted by Crippen LogP contribution is 2.13. The van der Waals surface area contributed by atoms with Gasteiger partial charge in [0.2, 0.25) is 11.8 Å². The fourth-order valence-electron chi connectivity index (χ4n) is 1.27. The van der Waals surface area contributed by atoms with Gasteiger partial charge in [-0.3, -0.25) is 9.59 Å². The number of rotatable bonds is 5. The van der Waals surface area contributed by atoms with E-state index in [0.29, 0.717) is 12.1 Å². The van der Waals surface area contributed by atoms with Gasteiger partial charge in [0.15, 0.2) is 0 Å². The van der Waals surface area contributed by atoms with E-state index in [0.717, 1.165) is 5.69 Å². The zero-order chi connectivity index (χ0) is 13.5. The van der Waals surface area contributed by atoms with E-state index in [-0.39, 0.29) is 17.9 Å². The third-order valence-corrected chi connectivity index (χ3v) is 2.58. The van der Waals surface area contributed by atoms with Crippen molar-refractivity contribution < 1.29 is 9.59 Å². The Balaban J connectivity index is 2.60. The third-order valence-electron chi connectivity index (χ3n) is 2.58. The van der Waals surface area contributed by atoms with Gasteiger partial charge in [-0.15, -0.1) is 0 Å². The SMILES string of the molecule is CCC(=O)Nc1ccc(NC(=O)C(C)NC)cc1. The summed E-state index contributed by atoms with van der Waals surface area (Å²) in [6, 6.07) is 6.78. The summed E-state index contributed by atoms with van der Waals surface area (Å²) < 4.78 is 0.